The Bertz CT molecular complexity index is 1300. The molecule has 3 nitrogen and oxygen atoms in total. The summed E-state index contributed by atoms with van der Waals surface area (Å²) < 4.78 is 13.8. The van der Waals surface area contributed by atoms with Gasteiger partial charge in [0.1, 0.15) is 5.82 Å². The molecule has 2 heterocycles. The smallest absolute Gasteiger partial charge is 0.259 e. The number of rotatable bonds is 2. The molecule has 0 saturated carbocycles. The second-order valence-corrected chi connectivity index (χ2v) is 8.18. The molecule has 31 heavy (non-hydrogen) atoms. The summed E-state index contributed by atoms with van der Waals surface area (Å²) in [5.41, 5.74) is 5.78. The van der Waals surface area contributed by atoms with Gasteiger partial charge < -0.3 is 4.90 Å². The number of para-hydroxylation sites is 1. The number of aryl methyl sites for hydroxylation is 1. The fourth-order valence-corrected chi connectivity index (χ4v) is 4.61. The molecule has 3 aromatic carbocycles. The van der Waals surface area contributed by atoms with Crippen LogP contribution in [0.3, 0.4) is 0 Å². The second kappa shape index (κ2) is 7.62. The molecule has 4 aromatic rings. The predicted octanol–water partition coefficient (Wildman–Crippen LogP) is 6.33. The molecule has 5 rings (SSSR count). The first-order valence-corrected chi connectivity index (χ1v) is 10.6. The van der Waals surface area contributed by atoms with Gasteiger partial charge in [0, 0.05) is 22.7 Å². The minimum Gasteiger partial charge on any atom is -0.305 e. The van der Waals surface area contributed by atoms with Gasteiger partial charge >= 0.3 is 0 Å². The van der Waals surface area contributed by atoms with E-state index in [1.165, 1.54) is 6.07 Å². The maximum atomic E-state index is 14.1. The van der Waals surface area contributed by atoms with Crippen molar-refractivity contribution in [2.75, 3.05) is 4.90 Å². The molecule has 1 atom stereocenters. The lowest BCUT2D eigenvalue weighted by molar-refractivity contribution is 0.0976. The number of nitrogens with zero attached hydrogens (tertiary/aromatic N) is 2. The number of anilines is 1. The Morgan fingerprint density at radius 3 is 2.58 bits per heavy atom. The van der Waals surface area contributed by atoms with Crippen LogP contribution in [0.15, 0.2) is 72.8 Å². The first-order chi connectivity index (χ1) is 15.0. The summed E-state index contributed by atoms with van der Waals surface area (Å²) >= 11 is 0. The fourth-order valence-electron chi connectivity index (χ4n) is 4.61. The van der Waals surface area contributed by atoms with Gasteiger partial charge in [-0.25, -0.2) is 9.37 Å². The van der Waals surface area contributed by atoms with Gasteiger partial charge in [0.15, 0.2) is 0 Å². The molecule has 0 bridgehead atoms. The van der Waals surface area contributed by atoms with Crippen molar-refractivity contribution in [3.8, 4) is 11.3 Å². The first-order valence-electron chi connectivity index (χ1n) is 10.6. The molecule has 1 unspecified atom stereocenters. The molecule has 0 N–H and O–H groups in total. The minimum atomic E-state index is -0.266. The Morgan fingerprint density at radius 1 is 1.03 bits per heavy atom. The van der Waals surface area contributed by atoms with E-state index in [9.17, 15) is 9.18 Å². The van der Waals surface area contributed by atoms with E-state index in [2.05, 4.69) is 6.92 Å². The summed E-state index contributed by atoms with van der Waals surface area (Å²) in [6, 6.07) is 22.5. The van der Waals surface area contributed by atoms with Gasteiger partial charge in [-0.1, -0.05) is 48.5 Å². The molecule has 4 heteroatoms. The van der Waals surface area contributed by atoms with Gasteiger partial charge in [-0.15, -0.1) is 0 Å². The van der Waals surface area contributed by atoms with Crippen LogP contribution in [0.25, 0.3) is 22.2 Å². The van der Waals surface area contributed by atoms with E-state index in [4.69, 9.17) is 4.98 Å². The van der Waals surface area contributed by atoms with Crippen molar-refractivity contribution < 1.29 is 9.18 Å². The molecule has 0 radical (unpaired) electrons. The highest BCUT2D eigenvalue weighted by molar-refractivity contribution is 6.16. The predicted molar refractivity (Wildman–Crippen MR) is 123 cm³/mol. The monoisotopic (exact) mass is 410 g/mol. The van der Waals surface area contributed by atoms with Gasteiger partial charge in [0.2, 0.25) is 0 Å². The van der Waals surface area contributed by atoms with Crippen molar-refractivity contribution in [1.82, 2.24) is 4.98 Å². The second-order valence-electron chi connectivity index (χ2n) is 8.18. The standard InChI is InChI=1S/C27H23FN2O/c1-17-12-13-20-16-21(28)14-15-24(20)30(17)27(31)25-18(2)26(19-8-4-3-5-9-19)29-23-11-7-6-10-22(23)25/h3-11,14-17H,12-13H2,1-2H3. The third-order valence-corrected chi connectivity index (χ3v) is 6.19. The third kappa shape index (κ3) is 3.28. The summed E-state index contributed by atoms with van der Waals surface area (Å²) in [6.45, 7) is 4.02. The van der Waals surface area contributed by atoms with Gasteiger partial charge in [0.25, 0.3) is 5.91 Å². The fraction of sp³-hybridized carbons (Fsp3) is 0.185. The van der Waals surface area contributed by atoms with Crippen molar-refractivity contribution in [2.45, 2.75) is 32.7 Å². The molecule has 154 valence electrons. The van der Waals surface area contributed by atoms with Gasteiger partial charge in [-0.05, 0) is 62.1 Å². The van der Waals surface area contributed by atoms with Crippen LogP contribution in [0, 0.1) is 12.7 Å². The van der Waals surface area contributed by atoms with Crippen LogP contribution in [-0.4, -0.2) is 16.9 Å². The molecule has 1 aliphatic heterocycles. The van der Waals surface area contributed by atoms with Crippen LogP contribution < -0.4 is 4.90 Å². The maximum Gasteiger partial charge on any atom is 0.259 e. The Balaban J connectivity index is 1.74. The normalized spacial score (nSPS) is 15.7. The highest BCUT2D eigenvalue weighted by Gasteiger charge is 2.31. The summed E-state index contributed by atoms with van der Waals surface area (Å²) in [4.78, 5) is 20.8. The summed E-state index contributed by atoms with van der Waals surface area (Å²) in [5, 5.41) is 0.839. The van der Waals surface area contributed by atoms with E-state index in [0.29, 0.717) is 5.56 Å². The zero-order chi connectivity index (χ0) is 21.5. The molecule has 1 aliphatic rings. The number of aromatic nitrogens is 1. The van der Waals surface area contributed by atoms with Crippen LogP contribution in [0.1, 0.15) is 34.8 Å². The molecule has 0 fully saturated rings. The average Bonchev–Trinajstić information content (AvgIpc) is 2.79. The highest BCUT2D eigenvalue weighted by Crippen LogP contribution is 2.36. The number of amides is 1. The van der Waals surface area contributed by atoms with E-state index >= 15 is 0 Å². The van der Waals surface area contributed by atoms with Gasteiger partial charge in [-0.2, -0.15) is 0 Å². The van der Waals surface area contributed by atoms with E-state index < -0.39 is 0 Å². The molecule has 1 aromatic heterocycles. The van der Waals surface area contributed by atoms with Crippen LogP contribution >= 0.6 is 0 Å². The lowest BCUT2D eigenvalue weighted by atomic mass is 9.92. The summed E-state index contributed by atoms with van der Waals surface area (Å²) in [6.07, 6.45) is 1.57. The van der Waals surface area contributed by atoms with Gasteiger partial charge in [0.05, 0.1) is 16.8 Å². The van der Waals surface area contributed by atoms with Crippen LogP contribution in [0.5, 0.6) is 0 Å². The number of carbonyl (C=O) groups excluding carboxylic acids is 1. The van der Waals surface area contributed by atoms with Crippen LogP contribution in [-0.2, 0) is 6.42 Å². The van der Waals surface area contributed by atoms with Crippen molar-refractivity contribution in [2.24, 2.45) is 0 Å². The van der Waals surface area contributed by atoms with E-state index in [1.54, 1.807) is 12.1 Å². The van der Waals surface area contributed by atoms with Crippen LogP contribution in [0.4, 0.5) is 10.1 Å². The number of hydrogen-bond donors (Lipinski definition) is 0. The number of benzene rings is 3. The summed E-state index contributed by atoms with van der Waals surface area (Å²) in [5.74, 6) is -0.328. The SMILES string of the molecule is Cc1c(-c2ccccc2)nc2ccccc2c1C(=O)N1c2ccc(F)cc2CCC1C. The number of fused-ring (bicyclic) bond motifs is 2. The van der Waals surface area contributed by atoms with Crippen molar-refractivity contribution in [3.05, 3.63) is 95.3 Å². The lowest BCUT2D eigenvalue weighted by Gasteiger charge is -2.36. The van der Waals surface area contributed by atoms with Crippen molar-refractivity contribution in [1.29, 1.82) is 0 Å². The van der Waals surface area contributed by atoms with E-state index in [0.717, 1.165) is 51.8 Å². The molecule has 0 aliphatic carbocycles. The van der Waals surface area contributed by atoms with Crippen LogP contribution in [0.2, 0.25) is 0 Å². The Labute approximate surface area is 181 Å². The first kappa shape index (κ1) is 19.4. The average molecular weight is 410 g/mol. The van der Waals surface area contributed by atoms with Crippen molar-refractivity contribution in [3.63, 3.8) is 0 Å². The minimum absolute atomic E-state index is 0.0250. The van der Waals surface area contributed by atoms with Crippen molar-refractivity contribution >= 4 is 22.5 Å². The number of hydrogen-bond acceptors (Lipinski definition) is 2. The summed E-state index contributed by atoms with van der Waals surface area (Å²) in [7, 11) is 0. The zero-order valence-electron chi connectivity index (χ0n) is 17.6. The lowest BCUT2D eigenvalue weighted by Crippen LogP contribution is -2.42. The van der Waals surface area contributed by atoms with Gasteiger partial charge in [-0.3, -0.25) is 4.79 Å². The largest absolute Gasteiger partial charge is 0.305 e. The van der Waals surface area contributed by atoms with E-state index in [-0.39, 0.29) is 17.8 Å². The molecular formula is C27H23FN2O. The molecular weight excluding hydrogens is 387 g/mol. The number of halogens is 1. The van der Waals surface area contributed by atoms with E-state index in [1.807, 2.05) is 66.4 Å². The number of pyridine rings is 1. The number of carbonyl (C=O) groups is 1. The third-order valence-electron chi connectivity index (χ3n) is 6.19. The quantitative estimate of drug-likeness (QED) is 0.387. The molecule has 0 spiro atoms. The maximum absolute atomic E-state index is 14.1. The molecule has 1 amide bonds. The Kier molecular flexibility index (Phi) is 4.78. The Hall–Kier alpha value is -3.53. The Morgan fingerprint density at radius 2 is 1.77 bits per heavy atom. The zero-order valence-corrected chi connectivity index (χ0v) is 17.6. The molecule has 0 saturated heterocycles. The topological polar surface area (TPSA) is 33.2 Å². The highest BCUT2D eigenvalue weighted by atomic mass is 19.1.